The van der Waals surface area contributed by atoms with Gasteiger partial charge in [-0.15, -0.1) is 10.2 Å². The van der Waals surface area contributed by atoms with Crippen LogP contribution in [0.25, 0.3) is 0 Å². The van der Waals surface area contributed by atoms with Gasteiger partial charge >= 0.3 is 0 Å². The summed E-state index contributed by atoms with van der Waals surface area (Å²) in [6.07, 6.45) is 1.79. The van der Waals surface area contributed by atoms with Crippen molar-refractivity contribution in [3.63, 3.8) is 0 Å². The lowest BCUT2D eigenvalue weighted by Gasteiger charge is -2.08. The van der Waals surface area contributed by atoms with Gasteiger partial charge in [-0.3, -0.25) is 0 Å². The predicted molar refractivity (Wildman–Crippen MR) is 89.1 cm³/mol. The summed E-state index contributed by atoms with van der Waals surface area (Å²) >= 11 is 7.46. The van der Waals surface area contributed by atoms with Gasteiger partial charge in [-0.25, -0.2) is 4.98 Å². The Kier molecular flexibility index (Phi) is 4.75. The number of hydrogen-bond donors (Lipinski definition) is 0. The van der Waals surface area contributed by atoms with Crippen molar-refractivity contribution in [2.75, 3.05) is 0 Å². The molecule has 0 bridgehead atoms. The molecule has 0 amide bonds. The summed E-state index contributed by atoms with van der Waals surface area (Å²) < 4.78 is 2.13. The minimum absolute atomic E-state index is 0.511. The van der Waals surface area contributed by atoms with Crippen molar-refractivity contribution in [3.05, 3.63) is 70.8 Å². The Morgan fingerprint density at radius 3 is 2.59 bits per heavy atom. The van der Waals surface area contributed by atoms with Crippen LogP contribution in [0.1, 0.15) is 17.0 Å². The number of rotatable bonds is 5. The Morgan fingerprint density at radius 2 is 1.86 bits per heavy atom. The van der Waals surface area contributed by atoms with Crippen LogP contribution in [-0.2, 0) is 12.3 Å². The van der Waals surface area contributed by atoms with Crippen LogP contribution in [0.4, 0.5) is 0 Å². The van der Waals surface area contributed by atoms with E-state index in [4.69, 9.17) is 11.6 Å². The SMILES string of the molecule is Cc1nnc(SCc2ccc(Cl)nc2)n1Cc1ccccc1. The van der Waals surface area contributed by atoms with Crippen LogP contribution in [0.5, 0.6) is 0 Å². The van der Waals surface area contributed by atoms with Gasteiger partial charge in [0.1, 0.15) is 11.0 Å². The fourth-order valence-corrected chi connectivity index (χ4v) is 3.09. The summed E-state index contributed by atoms with van der Waals surface area (Å²) in [7, 11) is 0. The Balaban J connectivity index is 1.73. The van der Waals surface area contributed by atoms with E-state index in [2.05, 4.69) is 31.9 Å². The Labute approximate surface area is 138 Å². The fraction of sp³-hybridized carbons (Fsp3) is 0.188. The maximum atomic E-state index is 5.80. The van der Waals surface area contributed by atoms with Gasteiger partial charge in [-0.2, -0.15) is 0 Å². The van der Waals surface area contributed by atoms with Crippen LogP contribution < -0.4 is 0 Å². The van der Waals surface area contributed by atoms with E-state index in [0.717, 1.165) is 28.8 Å². The number of nitrogens with zero attached hydrogens (tertiary/aromatic N) is 4. The number of thioether (sulfide) groups is 1. The van der Waals surface area contributed by atoms with Crippen molar-refractivity contribution < 1.29 is 0 Å². The second-order valence-electron chi connectivity index (χ2n) is 4.88. The zero-order chi connectivity index (χ0) is 15.4. The van der Waals surface area contributed by atoms with Gasteiger partial charge in [0, 0.05) is 11.9 Å². The molecule has 2 aromatic heterocycles. The minimum atomic E-state index is 0.511. The molecule has 6 heteroatoms. The highest BCUT2D eigenvalue weighted by Crippen LogP contribution is 2.23. The lowest BCUT2D eigenvalue weighted by atomic mass is 10.2. The molecule has 0 radical (unpaired) electrons. The molecule has 0 spiro atoms. The highest BCUT2D eigenvalue weighted by molar-refractivity contribution is 7.98. The highest BCUT2D eigenvalue weighted by atomic mass is 35.5. The van der Waals surface area contributed by atoms with Gasteiger partial charge in [0.15, 0.2) is 5.16 Å². The summed E-state index contributed by atoms with van der Waals surface area (Å²) in [5.41, 5.74) is 2.35. The monoisotopic (exact) mass is 330 g/mol. The topological polar surface area (TPSA) is 43.6 Å². The van der Waals surface area contributed by atoms with E-state index in [1.54, 1.807) is 24.0 Å². The minimum Gasteiger partial charge on any atom is -0.302 e. The van der Waals surface area contributed by atoms with Crippen LogP contribution in [0.2, 0.25) is 5.15 Å². The standard InChI is InChI=1S/C16H15ClN4S/c1-12-19-20-16(21(12)10-13-5-3-2-4-6-13)22-11-14-7-8-15(17)18-9-14/h2-9H,10-11H2,1H3. The van der Waals surface area contributed by atoms with Gasteiger partial charge in [0.25, 0.3) is 0 Å². The molecule has 0 aliphatic rings. The molecule has 3 rings (SSSR count). The van der Waals surface area contributed by atoms with Crippen LogP contribution in [0.3, 0.4) is 0 Å². The molecule has 1 aromatic carbocycles. The normalized spacial score (nSPS) is 10.8. The van der Waals surface area contributed by atoms with Crippen molar-refractivity contribution in [3.8, 4) is 0 Å². The number of pyridine rings is 1. The van der Waals surface area contributed by atoms with Crippen LogP contribution in [0, 0.1) is 6.92 Å². The largest absolute Gasteiger partial charge is 0.302 e. The molecule has 22 heavy (non-hydrogen) atoms. The highest BCUT2D eigenvalue weighted by Gasteiger charge is 2.10. The van der Waals surface area contributed by atoms with E-state index in [0.29, 0.717) is 5.15 Å². The Bertz CT molecular complexity index is 741. The smallest absolute Gasteiger partial charge is 0.191 e. The van der Waals surface area contributed by atoms with Crippen LogP contribution in [-0.4, -0.2) is 19.7 Å². The van der Waals surface area contributed by atoms with Crippen molar-refractivity contribution in [2.45, 2.75) is 24.4 Å². The first kappa shape index (κ1) is 15.1. The van der Waals surface area contributed by atoms with E-state index < -0.39 is 0 Å². The van der Waals surface area contributed by atoms with Crippen molar-refractivity contribution in [2.24, 2.45) is 0 Å². The van der Waals surface area contributed by atoms with Gasteiger partial charge < -0.3 is 4.57 Å². The molecule has 0 fully saturated rings. The molecule has 4 nitrogen and oxygen atoms in total. The predicted octanol–water partition coefficient (Wildman–Crippen LogP) is 3.98. The number of halogens is 1. The number of aryl methyl sites for hydroxylation is 1. The second-order valence-corrected chi connectivity index (χ2v) is 6.21. The maximum absolute atomic E-state index is 5.80. The van der Waals surface area contributed by atoms with Crippen molar-refractivity contribution in [1.82, 2.24) is 19.7 Å². The number of hydrogen-bond acceptors (Lipinski definition) is 4. The van der Waals surface area contributed by atoms with E-state index >= 15 is 0 Å². The number of benzene rings is 1. The number of aromatic nitrogens is 4. The van der Waals surface area contributed by atoms with Gasteiger partial charge in [0.2, 0.25) is 0 Å². The van der Waals surface area contributed by atoms with E-state index in [1.165, 1.54) is 5.56 Å². The lowest BCUT2D eigenvalue weighted by molar-refractivity contribution is 0.688. The average Bonchev–Trinajstić information content (AvgIpc) is 2.88. The molecule has 112 valence electrons. The molecule has 0 saturated heterocycles. The Morgan fingerprint density at radius 1 is 1.05 bits per heavy atom. The first-order valence-corrected chi connectivity index (χ1v) is 8.25. The third-order valence-corrected chi connectivity index (χ3v) is 4.50. The van der Waals surface area contributed by atoms with Crippen molar-refractivity contribution in [1.29, 1.82) is 0 Å². The first-order valence-electron chi connectivity index (χ1n) is 6.89. The van der Waals surface area contributed by atoms with Gasteiger partial charge in [-0.05, 0) is 24.1 Å². The zero-order valence-electron chi connectivity index (χ0n) is 12.1. The second kappa shape index (κ2) is 6.94. The molecular weight excluding hydrogens is 316 g/mol. The van der Waals surface area contributed by atoms with Gasteiger partial charge in [-0.1, -0.05) is 59.8 Å². The third kappa shape index (κ3) is 3.67. The van der Waals surface area contributed by atoms with Crippen LogP contribution in [0.15, 0.2) is 53.8 Å². The molecule has 0 aliphatic carbocycles. The van der Waals surface area contributed by atoms with E-state index in [-0.39, 0.29) is 0 Å². The lowest BCUT2D eigenvalue weighted by Crippen LogP contribution is -2.03. The summed E-state index contributed by atoms with van der Waals surface area (Å²) in [5.74, 6) is 1.71. The third-order valence-electron chi connectivity index (χ3n) is 3.24. The summed E-state index contributed by atoms with van der Waals surface area (Å²) in [4.78, 5) is 4.10. The molecule has 0 N–H and O–H groups in total. The quantitative estimate of drug-likeness (QED) is 0.524. The van der Waals surface area contributed by atoms with E-state index in [1.807, 2.05) is 31.2 Å². The van der Waals surface area contributed by atoms with Gasteiger partial charge in [0.05, 0.1) is 6.54 Å². The fourth-order valence-electron chi connectivity index (χ4n) is 2.06. The molecule has 0 aliphatic heterocycles. The van der Waals surface area contributed by atoms with Crippen molar-refractivity contribution >= 4 is 23.4 Å². The average molecular weight is 331 g/mol. The molecule has 2 heterocycles. The summed E-state index contributed by atoms with van der Waals surface area (Å²) in [6.45, 7) is 2.75. The Hall–Kier alpha value is -1.85. The molecule has 0 atom stereocenters. The maximum Gasteiger partial charge on any atom is 0.191 e. The molecular formula is C16H15ClN4S. The van der Waals surface area contributed by atoms with E-state index in [9.17, 15) is 0 Å². The summed E-state index contributed by atoms with van der Waals surface area (Å²) in [6, 6.07) is 14.1. The molecule has 3 aromatic rings. The first-order chi connectivity index (χ1) is 10.7. The summed E-state index contributed by atoms with van der Waals surface area (Å²) in [5, 5.41) is 9.89. The van der Waals surface area contributed by atoms with Crippen LogP contribution >= 0.6 is 23.4 Å². The molecule has 0 saturated carbocycles. The molecule has 0 unspecified atom stereocenters. The zero-order valence-corrected chi connectivity index (χ0v) is 13.7.